The summed E-state index contributed by atoms with van der Waals surface area (Å²) >= 11 is 3.39. The predicted molar refractivity (Wildman–Crippen MR) is 123 cm³/mol. The van der Waals surface area contributed by atoms with Gasteiger partial charge < -0.3 is 21.1 Å². The minimum Gasteiger partial charge on any atom is -0.404 e. The van der Waals surface area contributed by atoms with Crippen molar-refractivity contribution >= 4 is 37.9 Å². The van der Waals surface area contributed by atoms with E-state index in [1.807, 2.05) is 39.8 Å². The molecule has 0 saturated carbocycles. The Labute approximate surface area is 186 Å². The lowest BCUT2D eigenvalue weighted by Crippen LogP contribution is -2.45. The topological polar surface area (TPSA) is 111 Å². The first-order valence-corrected chi connectivity index (χ1v) is 10.7. The van der Waals surface area contributed by atoms with E-state index in [0.717, 1.165) is 16.7 Å². The molecule has 0 aromatic heterocycles. The lowest BCUT2D eigenvalue weighted by Gasteiger charge is -2.29. The first kappa shape index (κ1) is 24.1. The fourth-order valence-corrected chi connectivity index (χ4v) is 4.03. The van der Waals surface area contributed by atoms with Crippen LogP contribution in [-0.2, 0) is 16.1 Å². The van der Waals surface area contributed by atoms with E-state index >= 15 is 0 Å². The van der Waals surface area contributed by atoms with Crippen molar-refractivity contribution in [1.29, 1.82) is 0 Å². The highest BCUT2D eigenvalue weighted by atomic mass is 79.9. The van der Waals surface area contributed by atoms with Gasteiger partial charge in [-0.3, -0.25) is 14.6 Å². The van der Waals surface area contributed by atoms with Crippen molar-refractivity contribution in [2.24, 2.45) is 16.5 Å². The van der Waals surface area contributed by atoms with Gasteiger partial charge in [0, 0.05) is 30.9 Å². The quantitative estimate of drug-likeness (QED) is 0.558. The lowest BCUT2D eigenvalue weighted by molar-refractivity contribution is -0.123. The lowest BCUT2D eigenvalue weighted by atomic mass is 10.0. The first-order valence-electron chi connectivity index (χ1n) is 9.94. The average molecular weight is 479 g/mol. The van der Waals surface area contributed by atoms with E-state index < -0.39 is 11.9 Å². The zero-order valence-corrected chi connectivity index (χ0v) is 19.8. The van der Waals surface area contributed by atoms with Crippen LogP contribution in [-0.4, -0.2) is 46.1 Å². The van der Waals surface area contributed by atoms with Gasteiger partial charge in [0.1, 0.15) is 10.7 Å². The molecule has 8 heteroatoms. The van der Waals surface area contributed by atoms with Crippen molar-refractivity contribution in [3.8, 4) is 0 Å². The number of rotatable bonds is 8. The Morgan fingerprint density at radius 2 is 2.03 bits per heavy atom. The first-order chi connectivity index (χ1) is 14.0. The minimum absolute atomic E-state index is 0.0542. The van der Waals surface area contributed by atoms with E-state index in [0.29, 0.717) is 29.6 Å². The molecule has 1 aromatic carbocycles. The molecule has 0 bridgehead atoms. The molecule has 1 aliphatic heterocycles. The van der Waals surface area contributed by atoms with Crippen LogP contribution in [0.3, 0.4) is 0 Å². The number of hydrogen-bond acceptors (Lipinski definition) is 5. The van der Waals surface area contributed by atoms with Crippen LogP contribution in [0, 0.1) is 0 Å². The van der Waals surface area contributed by atoms with E-state index in [2.05, 4.69) is 20.9 Å². The Hall–Kier alpha value is -2.19. The molecule has 2 rings (SSSR count). The summed E-state index contributed by atoms with van der Waals surface area (Å²) in [5, 5.41) is 0. The monoisotopic (exact) mass is 478 g/mol. The molecule has 2 amide bonds. The number of aliphatic imine (C=N–C) groups is 1. The molecule has 7 nitrogen and oxygen atoms in total. The van der Waals surface area contributed by atoms with E-state index in [4.69, 9.17) is 16.2 Å². The van der Waals surface area contributed by atoms with Crippen LogP contribution in [0.2, 0.25) is 0 Å². The fraction of sp³-hybridized carbons (Fsp3) is 0.500. The number of amides is 2. The number of ether oxygens (including phenoxy) is 1. The number of nitrogens with zero attached hydrogens (tertiary/aromatic N) is 2. The highest BCUT2D eigenvalue weighted by Gasteiger charge is 2.36. The summed E-state index contributed by atoms with van der Waals surface area (Å²) in [5.74, 6) is -0.700. The third kappa shape index (κ3) is 5.70. The molecule has 30 heavy (non-hydrogen) atoms. The minimum atomic E-state index is -0.687. The van der Waals surface area contributed by atoms with Crippen molar-refractivity contribution in [2.45, 2.75) is 64.8 Å². The fourth-order valence-electron chi connectivity index (χ4n) is 3.67. The maximum Gasteiger partial charge on any atom is 0.255 e. The molecule has 0 aliphatic carbocycles. The molecule has 2 atom stereocenters. The van der Waals surface area contributed by atoms with Gasteiger partial charge in [-0.25, -0.2) is 0 Å². The number of allylic oxidation sites excluding steroid dienone is 1. The van der Waals surface area contributed by atoms with Crippen LogP contribution >= 0.6 is 15.9 Å². The van der Waals surface area contributed by atoms with Gasteiger partial charge in [0.2, 0.25) is 5.91 Å². The summed E-state index contributed by atoms with van der Waals surface area (Å²) < 4.78 is 6.54. The molecule has 0 radical (unpaired) electrons. The van der Waals surface area contributed by atoms with Crippen LogP contribution < -0.4 is 11.5 Å². The number of fused-ring (bicyclic) bond motifs is 1. The molecule has 0 fully saturated rings. The normalized spacial score (nSPS) is 17.1. The van der Waals surface area contributed by atoms with Crippen molar-refractivity contribution in [3.05, 3.63) is 41.1 Å². The standard InChI is InChI=1S/C22H31BrN4O3/c1-13(30-22(2,3)4)6-9-18(20(25)28)27-12-15-10-14(7-8-16(15)21(27)29)17(11-24)19(23)26-5/h7-8,10-11,13,18H,6,9,12,24H2,1-5H3,(H2,25,28). The highest BCUT2D eigenvalue weighted by molar-refractivity contribution is 9.18. The zero-order chi connectivity index (χ0) is 22.6. The summed E-state index contributed by atoms with van der Waals surface area (Å²) in [7, 11) is 1.66. The molecule has 164 valence electrons. The van der Waals surface area contributed by atoms with Gasteiger partial charge in [-0.1, -0.05) is 6.07 Å². The molecule has 0 spiro atoms. The highest BCUT2D eigenvalue weighted by Crippen LogP contribution is 2.30. The third-order valence-electron chi connectivity index (χ3n) is 4.94. The summed E-state index contributed by atoms with van der Waals surface area (Å²) in [4.78, 5) is 30.8. The maximum absolute atomic E-state index is 13.0. The van der Waals surface area contributed by atoms with Crippen LogP contribution in [0.1, 0.15) is 62.0 Å². The van der Waals surface area contributed by atoms with Gasteiger partial charge in [0.25, 0.3) is 5.91 Å². The molecule has 2 unspecified atom stereocenters. The third-order valence-corrected chi connectivity index (χ3v) is 5.72. The summed E-state index contributed by atoms with van der Waals surface area (Å²) in [5.41, 5.74) is 14.1. The van der Waals surface area contributed by atoms with Crippen LogP contribution in [0.25, 0.3) is 5.57 Å². The number of carbonyl (C=O) groups is 2. The second kappa shape index (κ2) is 9.75. The van der Waals surface area contributed by atoms with E-state index in [-0.39, 0.29) is 17.6 Å². The van der Waals surface area contributed by atoms with Gasteiger partial charge in [-0.15, -0.1) is 0 Å². The van der Waals surface area contributed by atoms with Crippen LogP contribution in [0.5, 0.6) is 0 Å². The Bertz CT molecular complexity index is 874. The second-order valence-corrected chi connectivity index (χ2v) is 9.19. The molecule has 4 N–H and O–H groups in total. The average Bonchev–Trinajstić information content (AvgIpc) is 2.96. The molecule has 0 saturated heterocycles. The van der Waals surface area contributed by atoms with Gasteiger partial charge in [0.05, 0.1) is 11.7 Å². The number of nitrogens with two attached hydrogens (primary N) is 2. The van der Waals surface area contributed by atoms with E-state index in [9.17, 15) is 9.59 Å². The van der Waals surface area contributed by atoms with Crippen molar-refractivity contribution in [3.63, 3.8) is 0 Å². The Morgan fingerprint density at radius 3 is 2.57 bits per heavy atom. The number of carbonyl (C=O) groups excluding carboxylic acids is 2. The van der Waals surface area contributed by atoms with Crippen LogP contribution in [0.15, 0.2) is 29.4 Å². The van der Waals surface area contributed by atoms with Crippen molar-refractivity contribution < 1.29 is 14.3 Å². The summed E-state index contributed by atoms with van der Waals surface area (Å²) in [6, 6.07) is 4.80. The number of halogens is 1. The van der Waals surface area contributed by atoms with E-state index in [1.54, 1.807) is 18.0 Å². The molecule has 1 aliphatic rings. The van der Waals surface area contributed by atoms with Crippen molar-refractivity contribution in [2.75, 3.05) is 7.05 Å². The van der Waals surface area contributed by atoms with Crippen molar-refractivity contribution in [1.82, 2.24) is 4.90 Å². The van der Waals surface area contributed by atoms with Gasteiger partial charge >= 0.3 is 0 Å². The maximum atomic E-state index is 13.0. The Morgan fingerprint density at radius 1 is 1.37 bits per heavy atom. The predicted octanol–water partition coefficient (Wildman–Crippen LogP) is 3.20. The molecule has 1 heterocycles. The second-order valence-electron chi connectivity index (χ2n) is 8.44. The molecular formula is C22H31BrN4O3. The number of benzene rings is 1. The number of primary amides is 1. The Kier molecular flexibility index (Phi) is 7.82. The zero-order valence-electron chi connectivity index (χ0n) is 18.2. The molecular weight excluding hydrogens is 448 g/mol. The smallest absolute Gasteiger partial charge is 0.255 e. The van der Waals surface area contributed by atoms with Gasteiger partial charge in [-0.05, 0) is 79.7 Å². The van der Waals surface area contributed by atoms with Crippen LogP contribution in [0.4, 0.5) is 0 Å². The summed E-state index contributed by atoms with van der Waals surface area (Å²) in [6.45, 7) is 8.24. The van der Waals surface area contributed by atoms with E-state index in [1.165, 1.54) is 6.20 Å². The SMILES string of the molecule is CN=C(Br)C(=CN)c1ccc2c(c1)CN(C(CCC(C)OC(C)(C)C)C(N)=O)C2=O. The molecule has 1 aromatic rings. The number of hydrogen-bond donors (Lipinski definition) is 2. The summed E-state index contributed by atoms with van der Waals surface area (Å²) in [6.07, 6.45) is 2.48. The van der Waals surface area contributed by atoms with Gasteiger partial charge in [-0.2, -0.15) is 0 Å². The largest absolute Gasteiger partial charge is 0.404 e. The van der Waals surface area contributed by atoms with Gasteiger partial charge in [0.15, 0.2) is 0 Å². The Balaban J connectivity index is 2.21.